The largest absolute Gasteiger partial charge is 0.508 e. The molecule has 0 amide bonds. The molecular formula is C34H42N2O3. The zero-order valence-corrected chi connectivity index (χ0v) is 23.0. The van der Waals surface area contributed by atoms with Gasteiger partial charge in [0.2, 0.25) is 0 Å². The van der Waals surface area contributed by atoms with Gasteiger partial charge in [0, 0.05) is 31.4 Å². The molecule has 3 aromatic rings. The van der Waals surface area contributed by atoms with E-state index in [2.05, 4.69) is 46.2 Å². The van der Waals surface area contributed by atoms with Crippen LogP contribution in [0.3, 0.4) is 0 Å². The van der Waals surface area contributed by atoms with Crippen molar-refractivity contribution in [3.8, 4) is 17.2 Å². The topological polar surface area (TPSA) is 56.2 Å². The van der Waals surface area contributed by atoms with E-state index in [-0.39, 0.29) is 0 Å². The first-order chi connectivity index (χ1) is 19.1. The SMILES string of the molecule is Oc1ccc2c(c1)CCC(c1ccc(O)cc1N(CCc1ccc(OCCN3CCCC3)cc1)CC1CC1)C2. The maximum absolute atomic E-state index is 10.5. The van der Waals surface area contributed by atoms with E-state index in [1.807, 2.05) is 24.3 Å². The van der Waals surface area contributed by atoms with Crippen LogP contribution in [0.4, 0.5) is 5.69 Å². The summed E-state index contributed by atoms with van der Waals surface area (Å²) in [5.41, 5.74) is 6.45. The molecule has 1 aliphatic heterocycles. The number of likely N-dealkylation sites (tertiary alicyclic amines) is 1. The molecule has 0 spiro atoms. The number of hydrogen-bond donors (Lipinski definition) is 2. The van der Waals surface area contributed by atoms with E-state index in [1.165, 1.54) is 66.7 Å². The zero-order valence-electron chi connectivity index (χ0n) is 23.0. The van der Waals surface area contributed by atoms with Crippen LogP contribution in [0.15, 0.2) is 60.7 Å². The Hall–Kier alpha value is -3.18. The normalized spacial score (nSPS) is 19.1. The first kappa shape index (κ1) is 26.1. The first-order valence-electron chi connectivity index (χ1n) is 14.9. The number of hydrogen-bond acceptors (Lipinski definition) is 5. The van der Waals surface area contributed by atoms with Crippen LogP contribution in [-0.2, 0) is 19.3 Å². The van der Waals surface area contributed by atoms with Gasteiger partial charge in [0.1, 0.15) is 23.9 Å². The standard InChI is InChI=1S/C34H42N2O3/c37-30-10-9-27-21-29(8-7-28(27)22-30)33-14-11-31(38)23-34(33)36(24-26-3-4-26)18-15-25-5-12-32(13-6-25)39-20-19-35-16-1-2-17-35/h5-6,9-14,22-23,26,29,37-38H,1-4,7-8,15-21,24H2. The Balaban J connectivity index is 1.13. The molecule has 1 saturated heterocycles. The Kier molecular flexibility index (Phi) is 7.96. The van der Waals surface area contributed by atoms with Gasteiger partial charge in [-0.05, 0) is 129 Å². The number of aromatic hydroxyl groups is 2. The molecule has 39 heavy (non-hydrogen) atoms. The van der Waals surface area contributed by atoms with E-state index >= 15 is 0 Å². The molecule has 3 aliphatic rings. The van der Waals surface area contributed by atoms with Gasteiger partial charge in [0.25, 0.3) is 0 Å². The zero-order chi connectivity index (χ0) is 26.6. The lowest BCUT2D eigenvalue weighted by molar-refractivity contribution is 0.238. The second-order valence-corrected chi connectivity index (χ2v) is 11.8. The minimum Gasteiger partial charge on any atom is -0.508 e. The van der Waals surface area contributed by atoms with Crippen LogP contribution >= 0.6 is 0 Å². The summed E-state index contributed by atoms with van der Waals surface area (Å²) in [5, 5.41) is 20.4. The molecule has 5 heteroatoms. The molecule has 206 valence electrons. The van der Waals surface area contributed by atoms with Crippen LogP contribution in [0.1, 0.15) is 60.3 Å². The number of fused-ring (bicyclic) bond motifs is 1. The Morgan fingerprint density at radius 1 is 0.846 bits per heavy atom. The minimum absolute atomic E-state index is 0.339. The molecule has 1 unspecified atom stereocenters. The molecule has 0 aromatic heterocycles. The molecule has 1 heterocycles. The fraction of sp³-hybridized carbons (Fsp3) is 0.471. The fourth-order valence-corrected chi connectivity index (χ4v) is 6.40. The highest BCUT2D eigenvalue weighted by atomic mass is 16.5. The summed E-state index contributed by atoms with van der Waals surface area (Å²) in [6.45, 7) is 6.16. The second kappa shape index (κ2) is 11.9. The van der Waals surface area contributed by atoms with Gasteiger partial charge < -0.3 is 19.8 Å². The minimum atomic E-state index is 0.339. The summed E-state index contributed by atoms with van der Waals surface area (Å²) in [4.78, 5) is 5.01. The predicted molar refractivity (Wildman–Crippen MR) is 157 cm³/mol. The molecule has 2 N–H and O–H groups in total. The van der Waals surface area contributed by atoms with Gasteiger partial charge in [-0.2, -0.15) is 0 Å². The Bertz CT molecular complexity index is 1250. The number of phenolic OH excluding ortho intramolecular Hbond substituents is 2. The third-order valence-corrected chi connectivity index (χ3v) is 8.86. The van der Waals surface area contributed by atoms with Crippen molar-refractivity contribution >= 4 is 5.69 Å². The summed E-state index contributed by atoms with van der Waals surface area (Å²) in [7, 11) is 0. The Labute approximate surface area is 233 Å². The molecule has 1 atom stereocenters. The summed E-state index contributed by atoms with van der Waals surface area (Å²) >= 11 is 0. The van der Waals surface area contributed by atoms with E-state index in [0.29, 0.717) is 17.4 Å². The van der Waals surface area contributed by atoms with Gasteiger partial charge >= 0.3 is 0 Å². The van der Waals surface area contributed by atoms with Crippen LogP contribution in [0, 0.1) is 5.92 Å². The summed E-state index contributed by atoms with van der Waals surface area (Å²) < 4.78 is 6.01. The number of aryl methyl sites for hydroxylation is 1. The summed E-state index contributed by atoms with van der Waals surface area (Å²) in [6, 6.07) is 20.4. The summed E-state index contributed by atoms with van der Waals surface area (Å²) in [5.74, 6) is 2.81. The third kappa shape index (κ3) is 6.70. The van der Waals surface area contributed by atoms with Gasteiger partial charge in [-0.25, -0.2) is 0 Å². The molecule has 5 nitrogen and oxygen atoms in total. The van der Waals surface area contributed by atoms with Gasteiger partial charge in [0.15, 0.2) is 0 Å². The predicted octanol–water partition coefficient (Wildman–Crippen LogP) is 6.30. The van der Waals surface area contributed by atoms with Crippen molar-refractivity contribution in [1.29, 1.82) is 0 Å². The molecule has 0 bridgehead atoms. The van der Waals surface area contributed by atoms with Crippen LogP contribution in [0.5, 0.6) is 17.2 Å². The van der Waals surface area contributed by atoms with Gasteiger partial charge in [-0.15, -0.1) is 0 Å². The number of benzene rings is 3. The number of anilines is 1. The van der Waals surface area contributed by atoms with Crippen molar-refractivity contribution in [3.05, 3.63) is 82.9 Å². The van der Waals surface area contributed by atoms with Crippen molar-refractivity contribution < 1.29 is 14.9 Å². The van der Waals surface area contributed by atoms with E-state index in [4.69, 9.17) is 4.74 Å². The lowest BCUT2D eigenvalue weighted by Gasteiger charge is -2.32. The van der Waals surface area contributed by atoms with E-state index in [1.54, 1.807) is 0 Å². The van der Waals surface area contributed by atoms with Crippen molar-refractivity contribution in [2.24, 2.45) is 5.92 Å². The second-order valence-electron chi connectivity index (χ2n) is 11.8. The molecular weight excluding hydrogens is 484 g/mol. The van der Waals surface area contributed by atoms with E-state index in [0.717, 1.165) is 63.6 Å². The van der Waals surface area contributed by atoms with Gasteiger partial charge in [0.05, 0.1) is 0 Å². The molecule has 2 aliphatic carbocycles. The first-order valence-corrected chi connectivity index (χ1v) is 14.9. The third-order valence-electron chi connectivity index (χ3n) is 8.86. The average molecular weight is 527 g/mol. The van der Waals surface area contributed by atoms with Crippen molar-refractivity contribution in [3.63, 3.8) is 0 Å². The number of ether oxygens (including phenoxy) is 1. The molecule has 3 aromatic carbocycles. The van der Waals surface area contributed by atoms with Crippen molar-refractivity contribution in [2.45, 2.75) is 57.3 Å². The van der Waals surface area contributed by atoms with Gasteiger partial charge in [-0.3, -0.25) is 4.90 Å². The number of phenols is 2. The van der Waals surface area contributed by atoms with Crippen molar-refractivity contribution in [2.75, 3.05) is 44.2 Å². The lowest BCUT2D eigenvalue weighted by Crippen LogP contribution is -2.30. The van der Waals surface area contributed by atoms with Crippen LogP contribution < -0.4 is 9.64 Å². The van der Waals surface area contributed by atoms with E-state index in [9.17, 15) is 10.2 Å². The molecule has 6 rings (SSSR count). The quantitative estimate of drug-likeness (QED) is 0.307. The van der Waals surface area contributed by atoms with Crippen LogP contribution in [0.2, 0.25) is 0 Å². The Morgan fingerprint density at radius 3 is 2.41 bits per heavy atom. The average Bonchev–Trinajstić information content (AvgIpc) is 3.62. The lowest BCUT2D eigenvalue weighted by atomic mass is 9.79. The van der Waals surface area contributed by atoms with Crippen LogP contribution in [0.25, 0.3) is 0 Å². The monoisotopic (exact) mass is 526 g/mol. The molecule has 0 radical (unpaired) electrons. The van der Waals surface area contributed by atoms with Crippen molar-refractivity contribution in [1.82, 2.24) is 4.90 Å². The van der Waals surface area contributed by atoms with Crippen LogP contribution in [-0.4, -0.2) is 54.4 Å². The molecule has 1 saturated carbocycles. The van der Waals surface area contributed by atoms with Gasteiger partial charge in [-0.1, -0.05) is 24.3 Å². The fourth-order valence-electron chi connectivity index (χ4n) is 6.40. The highest BCUT2D eigenvalue weighted by Gasteiger charge is 2.28. The molecule has 2 fully saturated rings. The number of rotatable bonds is 11. The highest BCUT2D eigenvalue weighted by Crippen LogP contribution is 2.41. The number of nitrogens with zero attached hydrogens (tertiary/aromatic N) is 2. The van der Waals surface area contributed by atoms with E-state index < -0.39 is 0 Å². The smallest absolute Gasteiger partial charge is 0.119 e. The highest BCUT2D eigenvalue weighted by molar-refractivity contribution is 5.59. The maximum Gasteiger partial charge on any atom is 0.119 e. The summed E-state index contributed by atoms with van der Waals surface area (Å²) in [6.07, 6.45) is 9.21. The Morgan fingerprint density at radius 2 is 1.62 bits per heavy atom. The maximum atomic E-state index is 10.5.